The number of esters is 1. The highest BCUT2D eigenvalue weighted by Crippen LogP contribution is 2.29. The number of hydrogen-bond acceptors (Lipinski definition) is 6. The van der Waals surface area contributed by atoms with Gasteiger partial charge in [-0.25, -0.2) is 4.79 Å². The average Bonchev–Trinajstić information content (AvgIpc) is 3.60. The minimum Gasteiger partial charge on any atom is -0.460 e. The fourth-order valence-electron chi connectivity index (χ4n) is 6.03. The van der Waals surface area contributed by atoms with Crippen molar-refractivity contribution in [2.45, 2.75) is 25.6 Å². The number of para-hydroxylation sites is 1. The lowest BCUT2D eigenvalue weighted by atomic mass is 10.1. The van der Waals surface area contributed by atoms with Crippen molar-refractivity contribution in [2.24, 2.45) is 7.05 Å². The van der Waals surface area contributed by atoms with Crippen LogP contribution in [-0.2, 0) is 31.3 Å². The van der Waals surface area contributed by atoms with E-state index in [9.17, 15) is 9.59 Å². The number of nitrogens with zero attached hydrogens (tertiary/aromatic N) is 5. The molecule has 0 unspecified atom stereocenters. The molecule has 0 fully saturated rings. The maximum Gasteiger partial charge on any atom is 0.338 e. The molecule has 6 aromatic rings. The summed E-state index contributed by atoms with van der Waals surface area (Å²) in [6.45, 7) is 1.68. The molecule has 3 aromatic carbocycles. The minimum absolute atomic E-state index is 0.0242. The first-order valence-corrected chi connectivity index (χ1v) is 14.7. The summed E-state index contributed by atoms with van der Waals surface area (Å²) in [5.74, 6) is -0.721. The summed E-state index contributed by atoms with van der Waals surface area (Å²) >= 11 is 0. The molecular formula is C35H32N6O3. The number of aromatic nitrogens is 4. The number of rotatable bonds is 8. The van der Waals surface area contributed by atoms with E-state index in [-0.39, 0.29) is 12.5 Å². The Morgan fingerprint density at radius 3 is 2.70 bits per heavy atom. The van der Waals surface area contributed by atoms with E-state index < -0.39 is 12.0 Å². The quantitative estimate of drug-likeness (QED) is 0.249. The number of anilines is 1. The van der Waals surface area contributed by atoms with Crippen LogP contribution in [0.4, 0.5) is 5.69 Å². The Hall–Kier alpha value is -5.44. The van der Waals surface area contributed by atoms with E-state index in [1.165, 1.54) is 5.56 Å². The van der Waals surface area contributed by atoms with Crippen LogP contribution in [0, 0.1) is 0 Å². The van der Waals surface area contributed by atoms with Crippen molar-refractivity contribution in [1.29, 1.82) is 0 Å². The van der Waals surface area contributed by atoms with Crippen LogP contribution in [0.3, 0.4) is 0 Å². The number of pyridine rings is 1. The molecule has 0 radical (unpaired) electrons. The van der Waals surface area contributed by atoms with Gasteiger partial charge in [0.25, 0.3) is 5.91 Å². The molecule has 1 atom stereocenters. The Morgan fingerprint density at radius 1 is 0.977 bits per heavy atom. The van der Waals surface area contributed by atoms with Crippen molar-refractivity contribution in [3.05, 3.63) is 126 Å². The molecule has 1 N–H and O–H groups in total. The molecule has 1 amide bonds. The first-order valence-electron chi connectivity index (χ1n) is 14.7. The third-order valence-electron chi connectivity index (χ3n) is 8.20. The van der Waals surface area contributed by atoms with E-state index in [0.29, 0.717) is 30.9 Å². The van der Waals surface area contributed by atoms with Crippen LogP contribution in [0.1, 0.15) is 32.0 Å². The van der Waals surface area contributed by atoms with Crippen molar-refractivity contribution in [1.82, 2.24) is 24.6 Å². The predicted molar refractivity (Wildman–Crippen MR) is 170 cm³/mol. The van der Waals surface area contributed by atoms with Crippen molar-refractivity contribution >= 4 is 39.2 Å². The van der Waals surface area contributed by atoms with Gasteiger partial charge in [-0.2, -0.15) is 5.10 Å². The molecule has 44 heavy (non-hydrogen) atoms. The zero-order valence-corrected chi connectivity index (χ0v) is 24.4. The number of amides is 1. The van der Waals surface area contributed by atoms with Gasteiger partial charge in [0.05, 0.1) is 17.3 Å². The van der Waals surface area contributed by atoms with E-state index in [2.05, 4.69) is 50.2 Å². The van der Waals surface area contributed by atoms with Crippen LogP contribution in [0.15, 0.2) is 104 Å². The molecule has 7 rings (SSSR count). The monoisotopic (exact) mass is 584 g/mol. The van der Waals surface area contributed by atoms with Gasteiger partial charge in [-0.15, -0.1) is 0 Å². The second-order valence-electron chi connectivity index (χ2n) is 11.2. The number of carbonyl (C=O) groups excluding carboxylic acids is 2. The van der Waals surface area contributed by atoms with E-state index >= 15 is 0 Å². The van der Waals surface area contributed by atoms with Gasteiger partial charge in [0.1, 0.15) is 6.61 Å². The third kappa shape index (κ3) is 5.40. The molecule has 3 aromatic heterocycles. The maximum atomic E-state index is 13.5. The van der Waals surface area contributed by atoms with E-state index in [4.69, 9.17) is 9.84 Å². The smallest absolute Gasteiger partial charge is 0.338 e. The molecule has 1 aliphatic rings. The van der Waals surface area contributed by atoms with Crippen LogP contribution in [-0.4, -0.2) is 50.4 Å². The van der Waals surface area contributed by atoms with Gasteiger partial charge in [-0.1, -0.05) is 60.7 Å². The Balaban J connectivity index is 1.16. The summed E-state index contributed by atoms with van der Waals surface area (Å²) in [6, 6.07) is 25.4. The molecule has 4 heterocycles. The first-order chi connectivity index (χ1) is 21.5. The number of benzene rings is 3. The number of aryl methyl sites for hydroxylation is 3. The fourth-order valence-corrected chi connectivity index (χ4v) is 6.03. The van der Waals surface area contributed by atoms with Gasteiger partial charge in [-0.05, 0) is 41.1 Å². The second kappa shape index (κ2) is 11.7. The molecular weight excluding hydrogens is 552 g/mol. The number of nitrogens with one attached hydrogen (secondary N) is 1. The molecule has 220 valence electrons. The van der Waals surface area contributed by atoms with Crippen LogP contribution >= 0.6 is 0 Å². The van der Waals surface area contributed by atoms with E-state index in [0.717, 1.165) is 39.3 Å². The fraction of sp³-hybridized carbons (Fsp3) is 0.200. The molecule has 9 nitrogen and oxygen atoms in total. The topological polar surface area (TPSA) is 94.3 Å². The molecule has 9 heteroatoms. The lowest BCUT2D eigenvalue weighted by Gasteiger charge is -2.26. The molecule has 0 spiro atoms. The zero-order chi connectivity index (χ0) is 30.0. The van der Waals surface area contributed by atoms with Crippen molar-refractivity contribution in [2.75, 3.05) is 18.1 Å². The Bertz CT molecular complexity index is 1970. The molecule has 0 bridgehead atoms. The standard InChI is InChI=1S/C35H32N6O3/c1-39-19-26(29-11-5-6-13-31(29)39)20-40-21-27(23-44-35(43)30-12-7-10-25-18-36-16-14-28(25)30)37-34(42)33-32(40)22-41(38-33)17-15-24-8-3-2-4-9-24/h2-14,16,18-19,22,27H,15,17,20-21,23H2,1H3,(H,37,42)/t27-/m1/s1. The van der Waals surface area contributed by atoms with Gasteiger partial charge in [0.15, 0.2) is 5.69 Å². The Morgan fingerprint density at radius 2 is 1.82 bits per heavy atom. The summed E-state index contributed by atoms with van der Waals surface area (Å²) in [7, 11) is 2.04. The van der Waals surface area contributed by atoms with Gasteiger partial charge in [0, 0.05) is 67.8 Å². The maximum absolute atomic E-state index is 13.5. The van der Waals surface area contributed by atoms with E-state index in [1.54, 1.807) is 24.5 Å². The summed E-state index contributed by atoms with van der Waals surface area (Å²) in [5, 5.41) is 10.6. The Labute approximate surface area is 254 Å². The molecule has 0 saturated heterocycles. The van der Waals surface area contributed by atoms with Crippen LogP contribution in [0.5, 0.6) is 0 Å². The van der Waals surface area contributed by atoms with Gasteiger partial charge >= 0.3 is 5.97 Å². The van der Waals surface area contributed by atoms with Crippen LogP contribution in [0.2, 0.25) is 0 Å². The van der Waals surface area contributed by atoms with E-state index in [1.807, 2.05) is 60.4 Å². The average molecular weight is 585 g/mol. The summed E-state index contributed by atoms with van der Waals surface area (Å²) < 4.78 is 9.78. The number of ether oxygens (including phenoxy) is 1. The summed E-state index contributed by atoms with van der Waals surface area (Å²) in [4.78, 5) is 33.1. The first kappa shape index (κ1) is 27.4. The number of carbonyl (C=O) groups is 2. The van der Waals surface area contributed by atoms with Crippen LogP contribution < -0.4 is 10.2 Å². The number of hydrogen-bond donors (Lipinski definition) is 1. The van der Waals surface area contributed by atoms with Gasteiger partial charge < -0.3 is 19.5 Å². The highest BCUT2D eigenvalue weighted by molar-refractivity contribution is 6.04. The zero-order valence-electron chi connectivity index (χ0n) is 24.4. The highest BCUT2D eigenvalue weighted by Gasteiger charge is 2.31. The number of fused-ring (bicyclic) bond motifs is 3. The van der Waals surface area contributed by atoms with Crippen molar-refractivity contribution in [3.63, 3.8) is 0 Å². The lowest BCUT2D eigenvalue weighted by Crippen LogP contribution is -2.44. The van der Waals surface area contributed by atoms with Crippen LogP contribution in [0.25, 0.3) is 21.7 Å². The second-order valence-corrected chi connectivity index (χ2v) is 11.2. The molecule has 0 aliphatic carbocycles. The van der Waals surface area contributed by atoms with Gasteiger partial charge in [0.2, 0.25) is 0 Å². The summed E-state index contributed by atoms with van der Waals surface area (Å²) in [5.41, 5.74) is 5.09. The minimum atomic E-state index is -0.440. The van der Waals surface area contributed by atoms with Gasteiger partial charge in [-0.3, -0.25) is 14.5 Å². The lowest BCUT2D eigenvalue weighted by molar-refractivity contribution is 0.0462. The normalized spacial score (nSPS) is 14.8. The van der Waals surface area contributed by atoms with Crippen molar-refractivity contribution < 1.29 is 14.3 Å². The highest BCUT2D eigenvalue weighted by atomic mass is 16.5. The molecule has 0 saturated carbocycles. The Kier molecular flexibility index (Phi) is 7.27. The SMILES string of the molecule is Cn1cc(CN2C[C@H](COC(=O)c3cccc4cnccc34)NC(=O)c3nn(CCc4ccccc4)cc32)c2ccccc21. The third-order valence-corrected chi connectivity index (χ3v) is 8.20. The predicted octanol–water partition coefficient (Wildman–Crippen LogP) is 5.14. The molecule has 1 aliphatic heterocycles. The largest absolute Gasteiger partial charge is 0.460 e. The summed E-state index contributed by atoms with van der Waals surface area (Å²) in [6.07, 6.45) is 8.27. The van der Waals surface area contributed by atoms with Crippen molar-refractivity contribution in [3.8, 4) is 0 Å².